The standard InChI is InChI=1S/C17H30N4/c1-12(2)7-9-21(10-8-13(3)4)16-11-15(18)19-17(20-16)14-5-6-14/h11-14H,5-10H2,1-4H3,(H2,18,19,20). The molecule has 0 radical (unpaired) electrons. The second-order valence-corrected chi connectivity index (χ2v) is 7.14. The van der Waals surface area contributed by atoms with Gasteiger partial charge in [0.1, 0.15) is 17.5 Å². The van der Waals surface area contributed by atoms with E-state index in [1.807, 2.05) is 6.07 Å². The Morgan fingerprint density at radius 3 is 2.14 bits per heavy atom. The van der Waals surface area contributed by atoms with Crippen molar-refractivity contribution in [2.45, 2.75) is 59.3 Å². The predicted octanol–water partition coefficient (Wildman–Crippen LogP) is 3.83. The van der Waals surface area contributed by atoms with Crippen molar-refractivity contribution < 1.29 is 0 Å². The summed E-state index contributed by atoms with van der Waals surface area (Å²) in [5.41, 5.74) is 6.00. The second kappa shape index (κ2) is 7.10. The maximum absolute atomic E-state index is 6.00. The van der Waals surface area contributed by atoms with Gasteiger partial charge in [0.15, 0.2) is 0 Å². The molecule has 2 rings (SSSR count). The van der Waals surface area contributed by atoms with Crippen LogP contribution in [-0.2, 0) is 0 Å². The summed E-state index contributed by atoms with van der Waals surface area (Å²) in [6.45, 7) is 11.2. The van der Waals surface area contributed by atoms with Crippen molar-refractivity contribution in [1.82, 2.24) is 9.97 Å². The molecule has 0 unspecified atom stereocenters. The molecule has 1 heterocycles. The molecule has 1 aliphatic rings. The number of hydrogen-bond donors (Lipinski definition) is 1. The fourth-order valence-electron chi connectivity index (χ4n) is 2.33. The van der Waals surface area contributed by atoms with Gasteiger partial charge < -0.3 is 10.6 Å². The summed E-state index contributed by atoms with van der Waals surface area (Å²) in [6.07, 6.45) is 4.78. The Kier molecular flexibility index (Phi) is 5.43. The fraction of sp³-hybridized carbons (Fsp3) is 0.765. The largest absolute Gasteiger partial charge is 0.384 e. The third-order valence-electron chi connectivity index (χ3n) is 3.97. The maximum Gasteiger partial charge on any atom is 0.136 e. The Labute approximate surface area is 129 Å². The molecular weight excluding hydrogens is 260 g/mol. The van der Waals surface area contributed by atoms with Gasteiger partial charge in [-0.25, -0.2) is 9.97 Å². The smallest absolute Gasteiger partial charge is 0.136 e. The van der Waals surface area contributed by atoms with Gasteiger partial charge in [-0.3, -0.25) is 0 Å². The van der Waals surface area contributed by atoms with E-state index < -0.39 is 0 Å². The molecule has 0 bridgehead atoms. The third-order valence-corrected chi connectivity index (χ3v) is 3.97. The molecule has 0 saturated heterocycles. The molecule has 118 valence electrons. The van der Waals surface area contributed by atoms with Crippen LogP contribution >= 0.6 is 0 Å². The van der Waals surface area contributed by atoms with Crippen molar-refractivity contribution in [3.8, 4) is 0 Å². The summed E-state index contributed by atoms with van der Waals surface area (Å²) in [5.74, 6) is 4.53. The van der Waals surface area contributed by atoms with Gasteiger partial charge in [0, 0.05) is 25.1 Å². The van der Waals surface area contributed by atoms with Crippen molar-refractivity contribution in [3.63, 3.8) is 0 Å². The van der Waals surface area contributed by atoms with E-state index in [4.69, 9.17) is 10.7 Å². The lowest BCUT2D eigenvalue weighted by Gasteiger charge is -2.26. The molecule has 1 aliphatic carbocycles. The molecule has 1 saturated carbocycles. The van der Waals surface area contributed by atoms with Crippen molar-refractivity contribution >= 4 is 11.6 Å². The molecule has 1 fully saturated rings. The van der Waals surface area contributed by atoms with Crippen LogP contribution in [0.15, 0.2) is 6.07 Å². The van der Waals surface area contributed by atoms with Gasteiger partial charge in [0.2, 0.25) is 0 Å². The van der Waals surface area contributed by atoms with Gasteiger partial charge in [0.25, 0.3) is 0 Å². The third kappa shape index (κ3) is 5.18. The first-order valence-corrected chi connectivity index (χ1v) is 8.35. The van der Waals surface area contributed by atoms with Gasteiger partial charge in [-0.1, -0.05) is 27.7 Å². The Hall–Kier alpha value is -1.32. The Morgan fingerprint density at radius 1 is 1.10 bits per heavy atom. The average Bonchev–Trinajstić information content (AvgIpc) is 3.21. The molecule has 1 aromatic rings. The van der Waals surface area contributed by atoms with Crippen LogP contribution in [-0.4, -0.2) is 23.1 Å². The maximum atomic E-state index is 6.00. The van der Waals surface area contributed by atoms with Crippen LogP contribution in [0.3, 0.4) is 0 Å². The topological polar surface area (TPSA) is 55.0 Å². The zero-order valence-corrected chi connectivity index (χ0v) is 14.0. The highest BCUT2D eigenvalue weighted by molar-refractivity contribution is 5.47. The van der Waals surface area contributed by atoms with E-state index in [9.17, 15) is 0 Å². The molecule has 0 aromatic carbocycles. The molecule has 2 N–H and O–H groups in total. The van der Waals surface area contributed by atoms with E-state index in [2.05, 4.69) is 37.6 Å². The zero-order valence-electron chi connectivity index (χ0n) is 14.0. The summed E-state index contributed by atoms with van der Waals surface area (Å²) in [4.78, 5) is 11.6. The van der Waals surface area contributed by atoms with Gasteiger partial charge in [-0.05, 0) is 37.5 Å². The minimum absolute atomic E-state index is 0.546. The molecule has 4 heteroatoms. The van der Waals surface area contributed by atoms with Crippen LogP contribution in [0.1, 0.15) is 65.1 Å². The summed E-state index contributed by atoms with van der Waals surface area (Å²) in [6, 6.07) is 1.94. The summed E-state index contributed by atoms with van der Waals surface area (Å²) >= 11 is 0. The number of nitrogens with zero attached hydrogens (tertiary/aromatic N) is 3. The van der Waals surface area contributed by atoms with Gasteiger partial charge in [-0.2, -0.15) is 0 Å². The zero-order chi connectivity index (χ0) is 15.4. The van der Waals surface area contributed by atoms with Gasteiger partial charge in [-0.15, -0.1) is 0 Å². The van der Waals surface area contributed by atoms with E-state index >= 15 is 0 Å². The number of anilines is 2. The van der Waals surface area contributed by atoms with Crippen molar-refractivity contribution in [3.05, 3.63) is 11.9 Å². The first-order valence-electron chi connectivity index (χ1n) is 8.35. The molecule has 0 atom stereocenters. The number of rotatable bonds is 8. The molecule has 4 nitrogen and oxygen atoms in total. The predicted molar refractivity (Wildman–Crippen MR) is 89.5 cm³/mol. The molecular formula is C17H30N4. The Morgan fingerprint density at radius 2 is 1.67 bits per heavy atom. The van der Waals surface area contributed by atoms with E-state index in [-0.39, 0.29) is 0 Å². The highest BCUT2D eigenvalue weighted by Crippen LogP contribution is 2.39. The van der Waals surface area contributed by atoms with Crippen LogP contribution in [0.4, 0.5) is 11.6 Å². The van der Waals surface area contributed by atoms with Crippen LogP contribution in [0.25, 0.3) is 0 Å². The van der Waals surface area contributed by atoms with Gasteiger partial charge in [0.05, 0.1) is 0 Å². The number of hydrogen-bond acceptors (Lipinski definition) is 4. The van der Waals surface area contributed by atoms with E-state index in [0.717, 1.165) is 24.7 Å². The Bertz CT molecular complexity index is 440. The lowest BCUT2D eigenvalue weighted by atomic mass is 10.1. The first kappa shape index (κ1) is 16.1. The summed E-state index contributed by atoms with van der Waals surface area (Å²) < 4.78 is 0. The molecule has 0 amide bonds. The van der Waals surface area contributed by atoms with Crippen LogP contribution in [0.5, 0.6) is 0 Å². The SMILES string of the molecule is CC(C)CCN(CCC(C)C)c1cc(N)nc(C2CC2)n1. The van der Waals surface area contributed by atoms with Crippen molar-refractivity contribution in [1.29, 1.82) is 0 Å². The fourth-order valence-corrected chi connectivity index (χ4v) is 2.33. The molecule has 21 heavy (non-hydrogen) atoms. The van der Waals surface area contributed by atoms with Crippen molar-refractivity contribution in [2.75, 3.05) is 23.7 Å². The number of nitrogen functional groups attached to an aromatic ring is 1. The molecule has 0 spiro atoms. The lowest BCUT2D eigenvalue weighted by molar-refractivity contribution is 0.532. The first-order chi connectivity index (χ1) is 9.95. The normalized spacial score (nSPS) is 15.0. The van der Waals surface area contributed by atoms with E-state index in [1.54, 1.807) is 0 Å². The minimum Gasteiger partial charge on any atom is -0.384 e. The summed E-state index contributed by atoms with van der Waals surface area (Å²) in [7, 11) is 0. The quantitative estimate of drug-likeness (QED) is 0.790. The van der Waals surface area contributed by atoms with E-state index in [1.165, 1.54) is 25.7 Å². The van der Waals surface area contributed by atoms with Crippen molar-refractivity contribution in [2.24, 2.45) is 11.8 Å². The Balaban J connectivity index is 2.13. The highest BCUT2D eigenvalue weighted by Gasteiger charge is 2.27. The number of nitrogens with two attached hydrogens (primary N) is 1. The summed E-state index contributed by atoms with van der Waals surface area (Å²) in [5, 5.41) is 0. The van der Waals surface area contributed by atoms with Gasteiger partial charge >= 0.3 is 0 Å². The average molecular weight is 290 g/mol. The molecule has 0 aliphatic heterocycles. The number of aromatic nitrogens is 2. The monoisotopic (exact) mass is 290 g/mol. The van der Waals surface area contributed by atoms with Crippen LogP contribution in [0, 0.1) is 11.8 Å². The minimum atomic E-state index is 0.546. The molecule has 1 aromatic heterocycles. The highest BCUT2D eigenvalue weighted by atomic mass is 15.2. The van der Waals surface area contributed by atoms with Crippen LogP contribution in [0.2, 0.25) is 0 Å². The van der Waals surface area contributed by atoms with E-state index in [0.29, 0.717) is 23.6 Å². The second-order valence-electron chi connectivity index (χ2n) is 7.14. The van der Waals surface area contributed by atoms with Crippen LogP contribution < -0.4 is 10.6 Å². The lowest BCUT2D eigenvalue weighted by Crippen LogP contribution is -2.29.